The molecule has 0 N–H and O–H groups in total. The number of nitrogens with zero attached hydrogens (tertiary/aromatic N) is 1. The van der Waals surface area contributed by atoms with Crippen molar-refractivity contribution in [1.29, 1.82) is 0 Å². The second-order valence-electron chi connectivity index (χ2n) is 5.80. The van der Waals surface area contributed by atoms with E-state index in [9.17, 15) is 0 Å². The highest BCUT2D eigenvalue weighted by atomic mass is 79.9. The zero-order chi connectivity index (χ0) is 16.1. The number of fused-ring (bicyclic) bond motifs is 6. The molecule has 2 nitrogen and oxygen atoms in total. The maximum Gasteiger partial charge on any atom is 0.227 e. The molecule has 0 saturated carbocycles. The predicted octanol–water partition coefficient (Wildman–Crippen LogP) is 6.56. The SMILES string of the molecule is Brc1cccc(-c2nc3c4ccccc4c4ccccc4c3o2)c1. The van der Waals surface area contributed by atoms with E-state index in [0.717, 1.165) is 31.9 Å². The first kappa shape index (κ1) is 13.8. The highest BCUT2D eigenvalue weighted by Crippen LogP contribution is 2.37. The minimum atomic E-state index is 0.646. The van der Waals surface area contributed by atoms with Gasteiger partial charge in [-0.2, -0.15) is 0 Å². The molecule has 0 bridgehead atoms. The van der Waals surface area contributed by atoms with Crippen molar-refractivity contribution in [2.24, 2.45) is 0 Å². The van der Waals surface area contributed by atoms with Gasteiger partial charge in [0.15, 0.2) is 5.58 Å². The van der Waals surface area contributed by atoms with Gasteiger partial charge in [0.25, 0.3) is 0 Å². The Hall–Kier alpha value is -2.65. The minimum Gasteiger partial charge on any atom is -0.435 e. The third kappa shape index (κ3) is 1.98. The molecule has 1 aromatic heterocycles. The van der Waals surface area contributed by atoms with Gasteiger partial charge in [-0.3, -0.25) is 0 Å². The van der Waals surface area contributed by atoms with Crippen LogP contribution in [0.4, 0.5) is 0 Å². The fraction of sp³-hybridized carbons (Fsp3) is 0. The van der Waals surface area contributed by atoms with Gasteiger partial charge < -0.3 is 4.42 Å². The number of benzene rings is 4. The third-order valence-electron chi connectivity index (χ3n) is 4.34. The first-order chi connectivity index (χ1) is 11.8. The van der Waals surface area contributed by atoms with E-state index in [-0.39, 0.29) is 0 Å². The van der Waals surface area contributed by atoms with Gasteiger partial charge in [0.1, 0.15) is 5.52 Å². The van der Waals surface area contributed by atoms with E-state index in [4.69, 9.17) is 9.40 Å². The fourth-order valence-electron chi connectivity index (χ4n) is 3.27. The smallest absolute Gasteiger partial charge is 0.227 e. The normalized spacial score (nSPS) is 11.5. The Morgan fingerprint density at radius 1 is 0.708 bits per heavy atom. The number of hydrogen-bond donors (Lipinski definition) is 0. The van der Waals surface area contributed by atoms with Crippen molar-refractivity contribution in [3.63, 3.8) is 0 Å². The quantitative estimate of drug-likeness (QED) is 0.311. The topological polar surface area (TPSA) is 26.0 Å². The van der Waals surface area contributed by atoms with Crippen LogP contribution in [-0.4, -0.2) is 4.98 Å². The van der Waals surface area contributed by atoms with E-state index in [1.54, 1.807) is 0 Å². The van der Waals surface area contributed by atoms with Gasteiger partial charge in [0.05, 0.1) is 0 Å². The van der Waals surface area contributed by atoms with Crippen LogP contribution < -0.4 is 0 Å². The lowest BCUT2D eigenvalue weighted by atomic mass is 10.0. The van der Waals surface area contributed by atoms with Crippen LogP contribution in [0, 0.1) is 0 Å². The standard InChI is InChI=1S/C21H12BrNO/c22-14-7-5-6-13(12-14)21-23-19-17-10-3-1-8-15(17)16-9-2-4-11-18(16)20(19)24-21/h1-12H. The molecule has 0 aliphatic carbocycles. The van der Waals surface area contributed by atoms with E-state index in [2.05, 4.69) is 52.3 Å². The van der Waals surface area contributed by atoms with Gasteiger partial charge in [-0.25, -0.2) is 4.98 Å². The molecule has 0 aliphatic heterocycles. The van der Waals surface area contributed by atoms with E-state index in [0.29, 0.717) is 5.89 Å². The third-order valence-corrected chi connectivity index (χ3v) is 4.84. The molecule has 0 atom stereocenters. The number of oxazole rings is 1. The maximum atomic E-state index is 6.20. The second-order valence-corrected chi connectivity index (χ2v) is 6.71. The van der Waals surface area contributed by atoms with Gasteiger partial charge in [0.2, 0.25) is 5.89 Å². The van der Waals surface area contributed by atoms with Crippen molar-refractivity contribution in [2.75, 3.05) is 0 Å². The van der Waals surface area contributed by atoms with Crippen LogP contribution in [0.15, 0.2) is 81.7 Å². The van der Waals surface area contributed by atoms with Crippen LogP contribution in [0.5, 0.6) is 0 Å². The highest BCUT2D eigenvalue weighted by molar-refractivity contribution is 9.10. The Kier molecular flexibility index (Phi) is 2.97. The Morgan fingerprint density at radius 3 is 2.12 bits per heavy atom. The Balaban J connectivity index is 1.95. The van der Waals surface area contributed by atoms with Crippen molar-refractivity contribution >= 4 is 48.6 Å². The first-order valence-electron chi connectivity index (χ1n) is 7.77. The number of rotatable bonds is 1. The molecule has 0 amide bonds. The summed E-state index contributed by atoms with van der Waals surface area (Å²) in [6.45, 7) is 0. The number of aromatic nitrogens is 1. The molecule has 0 fully saturated rings. The van der Waals surface area contributed by atoms with Gasteiger partial charge in [-0.15, -0.1) is 0 Å². The molecular formula is C21H12BrNO. The predicted molar refractivity (Wildman–Crippen MR) is 102 cm³/mol. The summed E-state index contributed by atoms with van der Waals surface area (Å²) in [4.78, 5) is 4.81. The average molecular weight is 374 g/mol. The van der Waals surface area contributed by atoms with Crippen molar-refractivity contribution < 1.29 is 4.42 Å². The van der Waals surface area contributed by atoms with Gasteiger partial charge >= 0.3 is 0 Å². The van der Waals surface area contributed by atoms with Crippen molar-refractivity contribution in [3.05, 3.63) is 77.3 Å². The largest absolute Gasteiger partial charge is 0.435 e. The summed E-state index contributed by atoms with van der Waals surface area (Å²) in [7, 11) is 0. The Bertz CT molecular complexity index is 1150. The maximum absolute atomic E-state index is 6.20. The van der Waals surface area contributed by atoms with E-state index in [1.807, 2.05) is 36.4 Å². The van der Waals surface area contributed by atoms with Crippen molar-refractivity contribution in [3.8, 4) is 11.5 Å². The molecule has 0 aliphatic rings. The van der Waals surface area contributed by atoms with Gasteiger partial charge in [-0.1, -0.05) is 70.5 Å². The molecule has 0 unspecified atom stereocenters. The Morgan fingerprint density at radius 2 is 1.38 bits per heavy atom. The molecule has 5 rings (SSSR count). The molecule has 0 spiro atoms. The summed E-state index contributed by atoms with van der Waals surface area (Å²) < 4.78 is 7.21. The van der Waals surface area contributed by atoms with E-state index in [1.165, 1.54) is 10.8 Å². The van der Waals surface area contributed by atoms with Gasteiger partial charge in [-0.05, 0) is 29.0 Å². The lowest BCUT2D eigenvalue weighted by Gasteiger charge is -2.04. The highest BCUT2D eigenvalue weighted by Gasteiger charge is 2.15. The molecule has 5 aromatic rings. The van der Waals surface area contributed by atoms with Crippen LogP contribution >= 0.6 is 15.9 Å². The molecule has 0 radical (unpaired) electrons. The van der Waals surface area contributed by atoms with Crippen LogP contribution in [-0.2, 0) is 0 Å². The van der Waals surface area contributed by atoms with Crippen LogP contribution in [0.1, 0.15) is 0 Å². The molecule has 4 aromatic carbocycles. The van der Waals surface area contributed by atoms with E-state index >= 15 is 0 Å². The summed E-state index contributed by atoms with van der Waals surface area (Å²) in [5, 5.41) is 4.61. The molecule has 3 heteroatoms. The lowest BCUT2D eigenvalue weighted by Crippen LogP contribution is -1.80. The first-order valence-corrected chi connectivity index (χ1v) is 8.56. The summed E-state index contributed by atoms with van der Waals surface area (Å²) in [5.41, 5.74) is 2.73. The minimum absolute atomic E-state index is 0.646. The van der Waals surface area contributed by atoms with Gasteiger partial charge in [0, 0.05) is 20.8 Å². The monoisotopic (exact) mass is 373 g/mol. The molecular weight excluding hydrogens is 362 g/mol. The molecule has 24 heavy (non-hydrogen) atoms. The zero-order valence-electron chi connectivity index (χ0n) is 12.7. The average Bonchev–Trinajstić information content (AvgIpc) is 3.08. The number of hydrogen-bond acceptors (Lipinski definition) is 2. The van der Waals surface area contributed by atoms with Crippen LogP contribution in [0.3, 0.4) is 0 Å². The summed E-state index contributed by atoms with van der Waals surface area (Å²) in [6.07, 6.45) is 0. The zero-order valence-corrected chi connectivity index (χ0v) is 14.2. The molecule has 114 valence electrons. The van der Waals surface area contributed by atoms with E-state index < -0.39 is 0 Å². The summed E-state index contributed by atoms with van der Waals surface area (Å²) >= 11 is 3.51. The van der Waals surface area contributed by atoms with Crippen molar-refractivity contribution in [2.45, 2.75) is 0 Å². The second kappa shape index (κ2) is 5.18. The lowest BCUT2D eigenvalue weighted by molar-refractivity contribution is 0.623. The van der Waals surface area contributed by atoms with Crippen molar-refractivity contribution in [1.82, 2.24) is 4.98 Å². The van der Waals surface area contributed by atoms with Crippen LogP contribution in [0.25, 0.3) is 44.1 Å². The fourth-order valence-corrected chi connectivity index (χ4v) is 3.67. The van der Waals surface area contributed by atoms with Crippen LogP contribution in [0.2, 0.25) is 0 Å². The summed E-state index contributed by atoms with van der Waals surface area (Å²) in [6, 6.07) is 24.7. The molecule has 0 saturated heterocycles. The Labute approximate surface area is 146 Å². The molecule has 1 heterocycles. The number of halogens is 1. The summed E-state index contributed by atoms with van der Waals surface area (Å²) in [5.74, 6) is 0.646.